The first-order chi connectivity index (χ1) is 32.6. The van der Waals surface area contributed by atoms with Crippen LogP contribution in [0.2, 0.25) is 0 Å². The highest BCUT2D eigenvalue weighted by molar-refractivity contribution is 5.66. The van der Waals surface area contributed by atoms with Crippen LogP contribution >= 0.6 is 0 Å². The van der Waals surface area contributed by atoms with Crippen LogP contribution < -0.4 is 14.4 Å². The fourth-order valence-corrected chi connectivity index (χ4v) is 11.2. The normalized spacial score (nSPS) is 16.5. The lowest BCUT2D eigenvalue weighted by Crippen LogP contribution is -2.27. The zero-order chi connectivity index (χ0) is 46.7. The van der Waals surface area contributed by atoms with Gasteiger partial charge in [-0.3, -0.25) is 0 Å². The monoisotopic (exact) mass is 897 g/mol. The number of rotatable bonds is 24. The Kier molecular flexibility index (Phi) is 15.9. The van der Waals surface area contributed by atoms with Crippen LogP contribution in [0.5, 0.6) is 17.2 Å². The molecule has 0 aromatic heterocycles. The van der Waals surface area contributed by atoms with E-state index >= 15 is 0 Å². The first kappa shape index (κ1) is 48.1. The van der Waals surface area contributed by atoms with Crippen molar-refractivity contribution in [2.75, 3.05) is 13.2 Å². The summed E-state index contributed by atoms with van der Waals surface area (Å²) in [6, 6.07) is 48.7. The average Bonchev–Trinajstić information content (AvgIpc) is 3.70. The third-order valence-corrected chi connectivity index (χ3v) is 14.7. The SMILES string of the molecule is CCCCCCCCOc1ccc(-c2ccc(COOc3ccc4c(c3)C3(CC(C)(C)c5ccc(Cc6ccc(-c7ccc(OCCCCCCCC)cc7)cc6)cc53)CC4(C)C)cc2)cc1. The van der Waals surface area contributed by atoms with Crippen molar-refractivity contribution in [2.45, 2.75) is 161 Å². The smallest absolute Gasteiger partial charge is 0.165 e. The van der Waals surface area contributed by atoms with Crippen LogP contribution in [0, 0.1) is 0 Å². The summed E-state index contributed by atoms with van der Waals surface area (Å²) in [6.07, 6.45) is 18.3. The van der Waals surface area contributed by atoms with Crippen LogP contribution in [0.4, 0.5) is 0 Å². The van der Waals surface area contributed by atoms with Gasteiger partial charge in [0.15, 0.2) is 5.75 Å². The van der Waals surface area contributed by atoms with Gasteiger partial charge in [-0.15, -0.1) is 0 Å². The van der Waals surface area contributed by atoms with Gasteiger partial charge in [-0.05, 0) is 141 Å². The summed E-state index contributed by atoms with van der Waals surface area (Å²) in [5.41, 5.74) is 14.2. The lowest BCUT2D eigenvalue weighted by molar-refractivity contribution is -0.217. The van der Waals surface area contributed by atoms with Gasteiger partial charge in [-0.25, -0.2) is 0 Å². The van der Waals surface area contributed by atoms with Gasteiger partial charge in [0, 0.05) is 5.41 Å². The third kappa shape index (κ3) is 11.9. The summed E-state index contributed by atoms with van der Waals surface area (Å²) in [7, 11) is 0. The highest BCUT2D eigenvalue weighted by atomic mass is 17.2. The van der Waals surface area contributed by atoms with Gasteiger partial charge in [0.1, 0.15) is 18.1 Å². The molecule has 2 aliphatic rings. The first-order valence-corrected chi connectivity index (χ1v) is 25.8. The quantitative estimate of drug-likeness (QED) is 0.0345. The molecule has 0 fully saturated rings. The van der Waals surface area contributed by atoms with E-state index in [2.05, 4.69) is 175 Å². The second-order valence-corrected chi connectivity index (χ2v) is 21.0. The minimum Gasteiger partial charge on any atom is -0.494 e. The molecular weight excluding hydrogens is 821 g/mol. The first-order valence-electron chi connectivity index (χ1n) is 25.8. The Balaban J connectivity index is 0.884. The summed E-state index contributed by atoms with van der Waals surface area (Å²) < 4.78 is 12.1. The fourth-order valence-electron chi connectivity index (χ4n) is 11.2. The topological polar surface area (TPSA) is 36.9 Å². The second-order valence-electron chi connectivity index (χ2n) is 21.0. The zero-order valence-electron chi connectivity index (χ0n) is 41.6. The Bertz CT molecular complexity index is 2480. The van der Waals surface area contributed by atoms with E-state index in [9.17, 15) is 0 Å². The highest BCUT2D eigenvalue weighted by Crippen LogP contribution is 2.63. The molecule has 6 aromatic rings. The van der Waals surface area contributed by atoms with Crippen LogP contribution in [-0.2, 0) is 34.2 Å². The molecule has 0 N–H and O–H groups in total. The molecule has 4 heteroatoms. The van der Waals surface area contributed by atoms with Crippen molar-refractivity contribution in [3.63, 3.8) is 0 Å². The molecule has 1 atom stereocenters. The maximum absolute atomic E-state index is 6.10. The van der Waals surface area contributed by atoms with Crippen molar-refractivity contribution in [3.8, 4) is 39.5 Å². The Morgan fingerprint density at radius 3 is 1.30 bits per heavy atom. The van der Waals surface area contributed by atoms with Crippen molar-refractivity contribution in [1.82, 2.24) is 0 Å². The van der Waals surface area contributed by atoms with Crippen molar-refractivity contribution >= 4 is 0 Å². The van der Waals surface area contributed by atoms with Crippen molar-refractivity contribution in [2.24, 2.45) is 0 Å². The molecule has 0 bridgehead atoms. The van der Waals surface area contributed by atoms with E-state index in [1.165, 1.54) is 120 Å². The minimum absolute atomic E-state index is 0.0269. The number of fused-ring (bicyclic) bond motifs is 4. The van der Waals surface area contributed by atoms with Gasteiger partial charge < -0.3 is 14.4 Å². The standard InChI is InChI=1S/C63H76O4/c1-7-9-11-13-15-17-39-64-54-32-28-52(29-33-54)50-24-19-47(20-25-50)41-49-23-37-57-59(42-49)63(45-61(57,3)4)46-62(5,6)58-38-36-56(43-60(58)63)67-66-44-48-21-26-51(27-22-48)53-30-34-55(35-31-53)65-40-18-16-14-12-10-8-2/h19-38,42-43H,7-18,39-41,44-46H2,1-6H3. The molecule has 0 radical (unpaired) electrons. The fraction of sp³-hybridized carbons (Fsp3) is 0.429. The third-order valence-electron chi connectivity index (χ3n) is 14.7. The molecule has 0 aliphatic heterocycles. The largest absolute Gasteiger partial charge is 0.494 e. The molecule has 1 spiro atoms. The van der Waals surface area contributed by atoms with Crippen LogP contribution in [0.15, 0.2) is 133 Å². The van der Waals surface area contributed by atoms with Gasteiger partial charge in [0.25, 0.3) is 0 Å². The number of ether oxygens (including phenoxy) is 2. The number of hydrogen-bond acceptors (Lipinski definition) is 4. The van der Waals surface area contributed by atoms with Crippen LogP contribution in [0.3, 0.4) is 0 Å². The molecule has 2 aliphatic carbocycles. The van der Waals surface area contributed by atoms with Crippen molar-refractivity contribution in [3.05, 3.63) is 172 Å². The van der Waals surface area contributed by atoms with E-state index in [4.69, 9.17) is 19.2 Å². The summed E-state index contributed by atoms with van der Waals surface area (Å²) in [5.74, 6) is 2.65. The van der Waals surface area contributed by atoms with Gasteiger partial charge in [-0.2, -0.15) is 4.89 Å². The molecule has 4 nitrogen and oxygen atoms in total. The minimum atomic E-state index is -0.102. The average molecular weight is 897 g/mol. The lowest BCUT2D eigenvalue weighted by Gasteiger charge is -2.30. The molecule has 352 valence electrons. The predicted octanol–water partition coefficient (Wildman–Crippen LogP) is 17.2. The summed E-state index contributed by atoms with van der Waals surface area (Å²) in [6.45, 7) is 16.1. The van der Waals surface area contributed by atoms with Crippen LogP contribution in [0.1, 0.15) is 170 Å². The molecule has 6 aromatic carbocycles. The lowest BCUT2D eigenvalue weighted by atomic mass is 9.72. The van der Waals surface area contributed by atoms with Crippen molar-refractivity contribution < 1.29 is 19.2 Å². The van der Waals surface area contributed by atoms with E-state index in [0.717, 1.165) is 68.1 Å². The zero-order valence-corrected chi connectivity index (χ0v) is 41.6. The number of hydrogen-bond donors (Lipinski definition) is 0. The Hall–Kier alpha value is -5.32. The molecule has 1 unspecified atom stereocenters. The maximum Gasteiger partial charge on any atom is 0.165 e. The Morgan fingerprint density at radius 2 is 0.791 bits per heavy atom. The van der Waals surface area contributed by atoms with Crippen molar-refractivity contribution in [1.29, 1.82) is 0 Å². The van der Waals surface area contributed by atoms with Gasteiger partial charge in [-0.1, -0.05) is 203 Å². The molecule has 8 rings (SSSR count). The number of benzene rings is 6. The molecule has 0 amide bonds. The van der Waals surface area contributed by atoms with E-state index < -0.39 is 0 Å². The molecule has 0 saturated carbocycles. The van der Waals surface area contributed by atoms with E-state index in [-0.39, 0.29) is 16.2 Å². The van der Waals surface area contributed by atoms with Gasteiger partial charge >= 0.3 is 0 Å². The summed E-state index contributed by atoms with van der Waals surface area (Å²) >= 11 is 0. The van der Waals surface area contributed by atoms with Gasteiger partial charge in [0.05, 0.1) is 13.2 Å². The van der Waals surface area contributed by atoms with Crippen LogP contribution in [0.25, 0.3) is 22.3 Å². The summed E-state index contributed by atoms with van der Waals surface area (Å²) in [4.78, 5) is 12.1. The summed E-state index contributed by atoms with van der Waals surface area (Å²) in [5, 5.41) is 0. The van der Waals surface area contributed by atoms with Crippen LogP contribution in [-0.4, -0.2) is 13.2 Å². The number of unbranched alkanes of at least 4 members (excludes halogenated alkanes) is 10. The molecule has 0 heterocycles. The van der Waals surface area contributed by atoms with Gasteiger partial charge in [0.2, 0.25) is 0 Å². The second kappa shape index (κ2) is 22.2. The Morgan fingerprint density at radius 1 is 0.388 bits per heavy atom. The molecular formula is C63H76O4. The van der Waals surface area contributed by atoms with E-state index in [0.29, 0.717) is 6.61 Å². The molecule has 67 heavy (non-hydrogen) atoms. The van der Waals surface area contributed by atoms with E-state index in [1.54, 1.807) is 0 Å². The predicted molar refractivity (Wildman–Crippen MR) is 279 cm³/mol. The highest BCUT2D eigenvalue weighted by Gasteiger charge is 2.56. The Labute approximate surface area is 403 Å². The van der Waals surface area contributed by atoms with E-state index in [1.807, 2.05) is 0 Å². The molecule has 0 saturated heterocycles. The maximum atomic E-state index is 6.10.